The molecule has 2 amide bonds. The van der Waals surface area contributed by atoms with Gasteiger partial charge >= 0.3 is 5.97 Å². The summed E-state index contributed by atoms with van der Waals surface area (Å²) in [6.07, 6.45) is 6.60. The van der Waals surface area contributed by atoms with Gasteiger partial charge in [0.1, 0.15) is 7.05 Å². The first-order valence-electron chi connectivity index (χ1n) is 19.8. The number of carboxylic acids is 1. The molecule has 59 heavy (non-hydrogen) atoms. The minimum atomic E-state index is -1.53. The lowest BCUT2D eigenvalue weighted by Gasteiger charge is -2.45. The number of fused-ring (bicyclic) bond motifs is 4. The maximum atomic E-state index is 13.1. The molecule has 7 rings (SSSR count). The maximum Gasteiger partial charge on any atom is 0.333 e. The quantitative estimate of drug-likeness (QED) is 0.0704. The number of nitrogens with zero attached hydrogens (tertiary/aromatic N) is 3. The van der Waals surface area contributed by atoms with E-state index in [4.69, 9.17) is 51.2 Å². The molecule has 4 aliphatic rings. The van der Waals surface area contributed by atoms with Crippen LogP contribution in [0.4, 0.5) is 5.69 Å². The third-order valence-corrected chi connectivity index (χ3v) is 14.3. The molecule has 310 valence electrons. The van der Waals surface area contributed by atoms with Crippen LogP contribution in [0.3, 0.4) is 0 Å². The summed E-state index contributed by atoms with van der Waals surface area (Å²) in [4.78, 5) is 56.8. The first-order chi connectivity index (χ1) is 27.5. The second-order valence-corrected chi connectivity index (χ2v) is 19.2. The van der Waals surface area contributed by atoms with Gasteiger partial charge < -0.3 is 19.6 Å². The number of imide groups is 1. The van der Waals surface area contributed by atoms with Gasteiger partial charge in [-0.1, -0.05) is 72.7 Å². The molecule has 3 heterocycles. The van der Waals surface area contributed by atoms with E-state index in [0.29, 0.717) is 30.0 Å². The van der Waals surface area contributed by atoms with Crippen LogP contribution >= 0.6 is 46.4 Å². The smallest absolute Gasteiger partial charge is 0.333 e. The lowest BCUT2D eigenvalue weighted by atomic mass is 9.67. The van der Waals surface area contributed by atoms with Crippen molar-refractivity contribution in [2.24, 2.45) is 0 Å². The Balaban J connectivity index is 1.39. The minimum Gasteiger partial charge on any atom is -0.545 e. The van der Waals surface area contributed by atoms with Crippen molar-refractivity contribution in [1.82, 2.24) is 9.64 Å². The van der Waals surface area contributed by atoms with Gasteiger partial charge in [0.15, 0.2) is 5.54 Å². The lowest BCUT2D eigenvalue weighted by molar-refractivity contribution is -0.255. The Labute approximate surface area is 364 Å². The molecule has 0 radical (unpaired) electrons. The summed E-state index contributed by atoms with van der Waals surface area (Å²) in [5, 5.41) is 15.0. The second-order valence-electron chi connectivity index (χ2n) is 17.7. The molecule has 0 unspecified atom stereocenters. The molecule has 3 aromatic carbocycles. The minimum absolute atomic E-state index is 0.0367. The highest BCUT2D eigenvalue weighted by Crippen LogP contribution is 2.51. The van der Waals surface area contributed by atoms with Gasteiger partial charge in [-0.15, -0.1) is 5.06 Å². The zero-order chi connectivity index (χ0) is 43.3. The second kappa shape index (κ2) is 15.1. The molecule has 1 aliphatic carbocycles. The standard InChI is InChI=1S/C46H47Cl4N3O6/c1-23-21-44(3,4)51(9)31-19-29-27(17-25(23)31)36(37-38(43(57)58)40(48)42(50)41(49)39(37)47)28-18-26-24(2)22-45(5,6)52(32(26)20-30(28)46(29,7)8)16-12-10-11-13-35(56)59-53-33(54)14-15-34(53)55/h17-22H,10-16H2,1-9H3. The highest BCUT2D eigenvalue weighted by Gasteiger charge is 2.41. The van der Waals surface area contributed by atoms with Crippen LogP contribution in [0.25, 0.3) is 16.7 Å². The van der Waals surface area contributed by atoms with Crippen LogP contribution in [-0.4, -0.2) is 53.5 Å². The fourth-order valence-electron chi connectivity index (χ4n) is 9.32. The van der Waals surface area contributed by atoms with Crippen molar-refractivity contribution in [2.75, 3.05) is 18.5 Å². The van der Waals surface area contributed by atoms with E-state index in [2.05, 4.69) is 108 Å². The number of amides is 2. The number of allylic oxidation sites excluding steroid dienone is 2. The average Bonchev–Trinajstić information content (AvgIpc) is 3.46. The summed E-state index contributed by atoms with van der Waals surface area (Å²) in [7, 11) is 2.08. The molecule has 0 saturated carbocycles. The molecule has 3 aromatic rings. The Morgan fingerprint density at radius 3 is 2.05 bits per heavy atom. The van der Waals surface area contributed by atoms with Gasteiger partial charge in [-0.3, -0.25) is 9.59 Å². The number of aromatic carboxylic acids is 1. The fourth-order valence-corrected chi connectivity index (χ4v) is 10.3. The summed E-state index contributed by atoms with van der Waals surface area (Å²) < 4.78 is 2.26. The monoisotopic (exact) mass is 877 g/mol. The van der Waals surface area contributed by atoms with Gasteiger partial charge in [-0.2, -0.15) is 0 Å². The highest BCUT2D eigenvalue weighted by atomic mass is 35.5. The Kier molecular flexibility index (Phi) is 11.0. The van der Waals surface area contributed by atoms with Gasteiger partial charge in [0, 0.05) is 79.1 Å². The maximum absolute atomic E-state index is 13.1. The number of unbranched alkanes of at least 4 members (excludes halogenated alkanes) is 2. The van der Waals surface area contributed by atoms with Gasteiger partial charge in [-0.05, 0) is 103 Å². The van der Waals surface area contributed by atoms with Crippen molar-refractivity contribution in [3.05, 3.63) is 106 Å². The number of halogens is 4. The van der Waals surface area contributed by atoms with Crippen molar-refractivity contribution in [3.63, 3.8) is 0 Å². The van der Waals surface area contributed by atoms with Crippen molar-refractivity contribution in [3.8, 4) is 0 Å². The molecular formula is C46H47Cl4N3O6. The van der Waals surface area contributed by atoms with Crippen LogP contribution in [-0.2, 0) is 24.6 Å². The lowest BCUT2D eigenvalue weighted by Crippen LogP contribution is -2.48. The number of hydrogen-bond acceptors (Lipinski definition) is 7. The van der Waals surface area contributed by atoms with Gasteiger partial charge in [-0.25, -0.2) is 9.37 Å². The number of hydroxylamine groups is 2. The first-order valence-corrected chi connectivity index (χ1v) is 21.3. The van der Waals surface area contributed by atoms with Crippen molar-refractivity contribution < 1.29 is 29.1 Å². The Morgan fingerprint density at radius 1 is 0.780 bits per heavy atom. The van der Waals surface area contributed by atoms with E-state index in [0.717, 1.165) is 61.6 Å². The topological polar surface area (TPSA) is 110 Å². The van der Waals surface area contributed by atoms with Crippen molar-refractivity contribution in [2.45, 2.75) is 110 Å². The Hall–Kier alpha value is -4.15. The molecular weight excluding hydrogens is 832 g/mol. The molecule has 0 bridgehead atoms. The highest BCUT2D eigenvalue weighted by molar-refractivity contribution is 6.53. The zero-order valence-corrected chi connectivity index (χ0v) is 37.7. The van der Waals surface area contributed by atoms with Gasteiger partial charge in [0.25, 0.3) is 11.8 Å². The number of hydrogen-bond donors (Lipinski definition) is 0. The predicted molar refractivity (Wildman–Crippen MR) is 232 cm³/mol. The van der Waals surface area contributed by atoms with Gasteiger partial charge in [0.05, 0.1) is 31.6 Å². The number of carbonyl (C=O) groups excluding carboxylic acids is 4. The molecule has 3 aliphatic heterocycles. The van der Waals surface area contributed by atoms with E-state index in [1.54, 1.807) is 0 Å². The zero-order valence-electron chi connectivity index (χ0n) is 34.7. The first kappa shape index (κ1) is 43.0. The average molecular weight is 880 g/mol. The van der Waals surface area contributed by atoms with Gasteiger partial charge in [0.2, 0.25) is 5.36 Å². The van der Waals surface area contributed by atoms with E-state index < -0.39 is 29.2 Å². The largest absolute Gasteiger partial charge is 0.545 e. The molecule has 9 nitrogen and oxygen atoms in total. The van der Waals surface area contributed by atoms with E-state index in [1.807, 2.05) is 0 Å². The number of carboxylic acid groups (broad SMARTS) is 1. The Morgan fingerprint density at radius 2 is 1.41 bits per heavy atom. The summed E-state index contributed by atoms with van der Waals surface area (Å²) in [5.41, 5.74) is 6.95. The summed E-state index contributed by atoms with van der Waals surface area (Å²) in [6, 6.07) is 8.68. The van der Waals surface area contributed by atoms with Crippen LogP contribution in [0.5, 0.6) is 0 Å². The molecule has 0 spiro atoms. The van der Waals surface area contributed by atoms with Crippen molar-refractivity contribution in [1.29, 1.82) is 0 Å². The number of anilines is 1. The van der Waals surface area contributed by atoms with Crippen molar-refractivity contribution >= 4 is 92.6 Å². The van der Waals surface area contributed by atoms with E-state index in [9.17, 15) is 24.3 Å². The Bertz CT molecular complexity index is 2610. The summed E-state index contributed by atoms with van der Waals surface area (Å²) >= 11 is 27.1. The molecule has 0 N–H and O–H groups in total. The normalized spacial score (nSPS) is 18.5. The van der Waals surface area contributed by atoms with E-state index in [-0.39, 0.29) is 61.6 Å². The molecule has 1 saturated heterocycles. The third kappa shape index (κ3) is 7.09. The van der Waals surface area contributed by atoms with Crippen LogP contribution in [0.15, 0.2) is 36.4 Å². The number of carbonyl (C=O) groups is 4. The van der Waals surface area contributed by atoms with Crippen LogP contribution in [0.2, 0.25) is 20.1 Å². The van der Waals surface area contributed by atoms with Crippen LogP contribution in [0, 0.1) is 0 Å². The molecule has 0 atom stereocenters. The third-order valence-electron chi connectivity index (χ3n) is 12.5. The summed E-state index contributed by atoms with van der Waals surface area (Å²) in [6.45, 7) is 17.9. The predicted octanol–water partition coefficient (Wildman–Crippen LogP) is 8.04. The number of rotatable bonds is 9. The summed E-state index contributed by atoms with van der Waals surface area (Å²) in [5.74, 6) is -3.14. The van der Waals surface area contributed by atoms with Crippen LogP contribution < -0.4 is 25.2 Å². The fraction of sp³-hybridized carbons (Fsp3) is 0.413. The number of likely N-dealkylation sites (N-methyl/N-ethyl adjacent to an activating group) is 1. The van der Waals surface area contributed by atoms with E-state index in [1.165, 1.54) is 0 Å². The van der Waals surface area contributed by atoms with Crippen LogP contribution in [0.1, 0.15) is 138 Å². The van der Waals surface area contributed by atoms with E-state index >= 15 is 0 Å². The number of benzene rings is 3. The SMILES string of the molecule is CC1=CC(C)(C)N(CCCCCC(=O)ON2C(=O)CCC2=O)c2cc3c(cc21)C(c1c(Cl)c(Cl)c(Cl)c(Cl)c1C(=O)[O-])=c1cc2c(cc1C3(C)C)=[N+](C)C(C)(C)C=C2C. The molecule has 13 heteroatoms. The molecule has 1 fully saturated rings. The molecule has 0 aromatic heterocycles.